The molecule has 2 aromatic rings. The van der Waals surface area contributed by atoms with Crippen molar-refractivity contribution in [3.8, 4) is 5.75 Å². The molecule has 1 unspecified atom stereocenters. The standard InChI is InChI=1S/C33H46N6O6/c1-5-30(42)38-13-11-37(12-14-38)29-18-22(17-28(36-29)35-24-7-6-8-24)31(43)34-19-27(41)26-16-21-9-10-25(40)15-23(21)20-39(26)32(44)45-33(2,3)4/h9-10,15,17-18,24,26-27,40-41H,5-8,11-14,16,19-20H2,1-4H3,(H,34,43)(H,35,36)/t26?,27-/m1/s1. The average molecular weight is 623 g/mol. The van der Waals surface area contributed by atoms with Gasteiger partial charge in [-0.1, -0.05) is 13.0 Å². The number of carbonyl (C=O) groups excluding carboxylic acids is 3. The number of hydrogen-bond acceptors (Lipinski definition) is 9. The SMILES string of the molecule is CCC(=O)N1CCN(c2cc(C(=O)NC[C@@H](O)C3Cc4ccc(O)cc4CN3C(=O)OC(C)(C)C)cc(NC3CCC3)n2)CC1. The van der Waals surface area contributed by atoms with E-state index in [1.54, 1.807) is 51.1 Å². The topological polar surface area (TPSA) is 148 Å². The predicted octanol–water partition coefficient (Wildman–Crippen LogP) is 3.26. The van der Waals surface area contributed by atoms with Gasteiger partial charge in [0.1, 0.15) is 23.0 Å². The van der Waals surface area contributed by atoms with Gasteiger partial charge in [-0.3, -0.25) is 14.5 Å². The second-order valence-electron chi connectivity index (χ2n) is 13.2. The molecule has 2 aliphatic heterocycles. The Balaban J connectivity index is 1.30. The van der Waals surface area contributed by atoms with Gasteiger partial charge in [0.25, 0.3) is 5.91 Å². The van der Waals surface area contributed by atoms with Gasteiger partial charge in [0, 0.05) is 57.3 Å². The second kappa shape index (κ2) is 13.5. The molecule has 1 aliphatic carbocycles. The Morgan fingerprint density at radius 3 is 2.44 bits per heavy atom. The van der Waals surface area contributed by atoms with Crippen molar-refractivity contribution >= 4 is 29.5 Å². The van der Waals surface area contributed by atoms with Gasteiger partial charge in [-0.2, -0.15) is 0 Å². The Morgan fingerprint density at radius 1 is 1.07 bits per heavy atom. The number of aliphatic hydroxyl groups is 1. The highest BCUT2D eigenvalue weighted by Gasteiger charge is 2.37. The van der Waals surface area contributed by atoms with Crippen molar-refractivity contribution < 1.29 is 29.3 Å². The molecule has 12 heteroatoms. The van der Waals surface area contributed by atoms with Crippen molar-refractivity contribution in [3.05, 3.63) is 47.0 Å². The molecule has 3 heterocycles. The number of aliphatic hydroxyl groups excluding tert-OH is 1. The molecular formula is C33H46N6O6. The molecular weight excluding hydrogens is 576 g/mol. The van der Waals surface area contributed by atoms with Gasteiger partial charge in [-0.15, -0.1) is 0 Å². The summed E-state index contributed by atoms with van der Waals surface area (Å²) in [6.07, 6.45) is 2.42. The predicted molar refractivity (Wildman–Crippen MR) is 170 cm³/mol. The third-order valence-electron chi connectivity index (χ3n) is 8.69. The Bertz CT molecular complexity index is 1400. The number of pyridine rings is 1. The van der Waals surface area contributed by atoms with Crippen molar-refractivity contribution in [1.29, 1.82) is 0 Å². The third-order valence-corrected chi connectivity index (χ3v) is 8.69. The quantitative estimate of drug-likeness (QED) is 0.348. The molecule has 3 amide bonds. The van der Waals surface area contributed by atoms with Crippen LogP contribution in [-0.2, 0) is 22.5 Å². The lowest BCUT2D eigenvalue weighted by atomic mass is 9.91. The van der Waals surface area contributed by atoms with E-state index in [-0.39, 0.29) is 30.7 Å². The maximum atomic E-state index is 13.5. The lowest BCUT2D eigenvalue weighted by Gasteiger charge is -2.40. The van der Waals surface area contributed by atoms with E-state index in [0.29, 0.717) is 62.3 Å². The van der Waals surface area contributed by atoms with Crippen LogP contribution < -0.4 is 15.5 Å². The monoisotopic (exact) mass is 622 g/mol. The van der Waals surface area contributed by atoms with E-state index in [2.05, 4.69) is 15.5 Å². The molecule has 12 nitrogen and oxygen atoms in total. The zero-order valence-electron chi connectivity index (χ0n) is 26.7. The number of aromatic hydroxyl groups is 1. The van der Waals surface area contributed by atoms with Crippen LogP contribution in [0.15, 0.2) is 30.3 Å². The molecule has 1 saturated carbocycles. The van der Waals surface area contributed by atoms with Crippen molar-refractivity contribution in [2.24, 2.45) is 0 Å². The number of hydrogen-bond donors (Lipinski definition) is 4. The molecule has 0 spiro atoms. The molecule has 2 fully saturated rings. The fourth-order valence-corrected chi connectivity index (χ4v) is 5.95. The van der Waals surface area contributed by atoms with Crippen molar-refractivity contribution in [2.45, 2.75) is 90.1 Å². The first-order chi connectivity index (χ1) is 21.4. The van der Waals surface area contributed by atoms with Crippen LogP contribution in [0.3, 0.4) is 0 Å². The maximum Gasteiger partial charge on any atom is 0.410 e. The first kappa shape index (κ1) is 32.3. The Labute approximate surface area is 264 Å². The van der Waals surface area contributed by atoms with Gasteiger partial charge in [0.05, 0.1) is 12.1 Å². The fourth-order valence-electron chi connectivity index (χ4n) is 5.95. The van der Waals surface area contributed by atoms with Crippen LogP contribution in [0.2, 0.25) is 0 Å². The Hall–Kier alpha value is -4.06. The van der Waals surface area contributed by atoms with Crippen LogP contribution in [0, 0.1) is 0 Å². The van der Waals surface area contributed by atoms with Gasteiger partial charge in [0.15, 0.2) is 0 Å². The molecule has 0 radical (unpaired) electrons. The number of benzene rings is 1. The second-order valence-corrected chi connectivity index (χ2v) is 13.2. The summed E-state index contributed by atoms with van der Waals surface area (Å²) >= 11 is 0. The molecule has 1 aromatic heterocycles. The number of phenols is 1. The number of nitrogens with zero attached hydrogens (tertiary/aromatic N) is 4. The Morgan fingerprint density at radius 2 is 1.80 bits per heavy atom. The zero-order valence-corrected chi connectivity index (χ0v) is 26.7. The summed E-state index contributed by atoms with van der Waals surface area (Å²) in [6.45, 7) is 9.71. The highest BCUT2D eigenvalue weighted by atomic mass is 16.6. The third kappa shape index (κ3) is 7.97. The Kier molecular flexibility index (Phi) is 9.71. The smallest absolute Gasteiger partial charge is 0.410 e. The summed E-state index contributed by atoms with van der Waals surface area (Å²) in [5, 5.41) is 27.7. The number of carbonyl (C=O) groups is 3. The molecule has 2 atom stereocenters. The summed E-state index contributed by atoms with van der Waals surface area (Å²) < 4.78 is 5.64. The average Bonchev–Trinajstić information content (AvgIpc) is 2.99. The molecule has 1 aromatic carbocycles. The van der Waals surface area contributed by atoms with E-state index in [9.17, 15) is 24.6 Å². The first-order valence-electron chi connectivity index (χ1n) is 16.0. The number of amides is 3. The van der Waals surface area contributed by atoms with E-state index in [0.717, 1.165) is 30.4 Å². The molecule has 244 valence electrons. The van der Waals surface area contributed by atoms with Crippen LogP contribution >= 0.6 is 0 Å². The molecule has 3 aliphatic rings. The lowest BCUT2D eigenvalue weighted by molar-refractivity contribution is -0.131. The molecule has 45 heavy (non-hydrogen) atoms. The summed E-state index contributed by atoms with van der Waals surface area (Å²) in [7, 11) is 0. The summed E-state index contributed by atoms with van der Waals surface area (Å²) in [6, 6.07) is 8.16. The van der Waals surface area contributed by atoms with Crippen molar-refractivity contribution in [2.75, 3.05) is 42.9 Å². The normalized spacial score (nSPS) is 19.3. The number of ether oxygens (including phenoxy) is 1. The van der Waals surface area contributed by atoms with Crippen LogP contribution in [0.5, 0.6) is 5.75 Å². The minimum atomic E-state index is -1.08. The lowest BCUT2D eigenvalue weighted by Crippen LogP contribution is -2.54. The number of phenolic OH excluding ortho intramolecular Hbond substituents is 1. The van der Waals surface area contributed by atoms with Crippen molar-refractivity contribution in [3.63, 3.8) is 0 Å². The van der Waals surface area contributed by atoms with Gasteiger partial charge >= 0.3 is 6.09 Å². The van der Waals surface area contributed by atoms with E-state index in [4.69, 9.17) is 9.72 Å². The van der Waals surface area contributed by atoms with Crippen LogP contribution in [0.1, 0.15) is 74.9 Å². The summed E-state index contributed by atoms with van der Waals surface area (Å²) in [4.78, 5) is 49.1. The number of rotatable bonds is 8. The molecule has 0 bridgehead atoms. The zero-order chi connectivity index (χ0) is 32.3. The number of fused-ring (bicyclic) bond motifs is 1. The van der Waals surface area contributed by atoms with Crippen LogP contribution in [-0.4, -0.2) is 99.4 Å². The maximum absolute atomic E-state index is 13.5. The molecule has 5 rings (SSSR count). The fraction of sp³-hybridized carbons (Fsp3) is 0.576. The first-order valence-corrected chi connectivity index (χ1v) is 16.0. The van der Waals surface area contributed by atoms with Gasteiger partial charge < -0.3 is 35.4 Å². The minimum Gasteiger partial charge on any atom is -0.508 e. The van der Waals surface area contributed by atoms with E-state index in [1.807, 2.05) is 11.8 Å². The number of nitrogens with one attached hydrogen (secondary N) is 2. The molecule has 1 saturated heterocycles. The van der Waals surface area contributed by atoms with Gasteiger partial charge in [0.2, 0.25) is 5.91 Å². The number of anilines is 2. The molecule has 4 N–H and O–H groups in total. The van der Waals surface area contributed by atoms with Crippen LogP contribution in [0.25, 0.3) is 0 Å². The number of aromatic nitrogens is 1. The minimum absolute atomic E-state index is 0.0862. The van der Waals surface area contributed by atoms with E-state index >= 15 is 0 Å². The van der Waals surface area contributed by atoms with E-state index in [1.165, 1.54) is 4.90 Å². The summed E-state index contributed by atoms with van der Waals surface area (Å²) in [5.41, 5.74) is 1.37. The largest absolute Gasteiger partial charge is 0.508 e. The highest BCUT2D eigenvalue weighted by Crippen LogP contribution is 2.30. The van der Waals surface area contributed by atoms with Crippen molar-refractivity contribution in [1.82, 2.24) is 20.1 Å². The number of piperazine rings is 1. The van der Waals surface area contributed by atoms with Gasteiger partial charge in [-0.05, 0) is 81.8 Å². The highest BCUT2D eigenvalue weighted by molar-refractivity contribution is 5.95. The van der Waals surface area contributed by atoms with E-state index < -0.39 is 23.8 Å². The summed E-state index contributed by atoms with van der Waals surface area (Å²) in [5.74, 6) is 1.16. The van der Waals surface area contributed by atoms with Crippen LogP contribution in [0.4, 0.5) is 16.4 Å². The van der Waals surface area contributed by atoms with Gasteiger partial charge in [-0.25, -0.2) is 9.78 Å².